The second kappa shape index (κ2) is 11.9. The minimum Gasteiger partial charge on any atom is -0.444 e. The summed E-state index contributed by atoms with van der Waals surface area (Å²) >= 11 is 0. The third-order valence-electron chi connectivity index (χ3n) is 6.99. The molecule has 0 atom stereocenters. The first-order valence-electron chi connectivity index (χ1n) is 13.4. The lowest BCUT2D eigenvalue weighted by Crippen LogP contribution is -2.44. The number of nitrogens with zero attached hydrogens (tertiary/aromatic N) is 4. The number of aromatic nitrogens is 2. The normalized spacial score (nSPS) is 21.3. The molecule has 1 aromatic carbocycles. The van der Waals surface area contributed by atoms with Crippen LogP contribution in [0.4, 0.5) is 10.5 Å². The molecule has 9 nitrogen and oxygen atoms in total. The molecule has 1 saturated carbocycles. The number of carbonyl (C=O) groups excluding carboxylic acids is 1. The van der Waals surface area contributed by atoms with Crippen molar-refractivity contribution in [1.29, 1.82) is 0 Å². The van der Waals surface area contributed by atoms with Crippen LogP contribution in [0.15, 0.2) is 35.6 Å². The number of likely N-dealkylation sites (tertiary alicyclic amines) is 1. The number of fused-ring (bicyclic) bond motifs is 1. The Morgan fingerprint density at radius 3 is 2.68 bits per heavy atom. The number of carbonyl (C=O) groups is 1. The number of aliphatic imine (C=N–C) groups is 1. The van der Waals surface area contributed by atoms with Gasteiger partial charge in [-0.25, -0.2) is 9.78 Å². The molecule has 4 rings (SSSR count). The summed E-state index contributed by atoms with van der Waals surface area (Å²) in [7, 11) is 0. The lowest BCUT2D eigenvalue weighted by atomic mass is 9.78. The van der Waals surface area contributed by atoms with E-state index in [1.165, 1.54) is 6.42 Å². The fraction of sp³-hybridized carbons (Fsp3) is 0.571. The van der Waals surface area contributed by atoms with Crippen LogP contribution in [-0.4, -0.2) is 64.5 Å². The summed E-state index contributed by atoms with van der Waals surface area (Å²) in [6.07, 6.45) is 11.1. The zero-order valence-corrected chi connectivity index (χ0v) is 22.3. The molecule has 1 saturated heterocycles. The summed E-state index contributed by atoms with van der Waals surface area (Å²) in [5.41, 5.74) is 15.1. The molecule has 0 unspecified atom stereocenters. The van der Waals surface area contributed by atoms with Crippen molar-refractivity contribution >= 4 is 34.6 Å². The number of amides is 1. The zero-order chi connectivity index (χ0) is 26.4. The summed E-state index contributed by atoms with van der Waals surface area (Å²) < 4.78 is 5.50. The van der Waals surface area contributed by atoms with Crippen LogP contribution in [0.25, 0.3) is 16.6 Å². The quantitative estimate of drug-likeness (QED) is 0.453. The van der Waals surface area contributed by atoms with Crippen LogP contribution in [0.1, 0.15) is 65.0 Å². The molecule has 1 aliphatic heterocycles. The van der Waals surface area contributed by atoms with Crippen LogP contribution < -0.4 is 16.8 Å². The Hall–Kier alpha value is -3.20. The molecule has 5 N–H and O–H groups in total. The Balaban J connectivity index is 1.35. The van der Waals surface area contributed by atoms with Crippen LogP contribution in [0.5, 0.6) is 0 Å². The second-order valence-corrected chi connectivity index (χ2v) is 11.2. The minimum absolute atomic E-state index is 0.240. The standard InChI is InChI=1S/C28H41N7O2/c1-28(2,3)37-27(36)35-11-8-21(9-12-35)33-22-6-7-24-25(15-22)34-26(18-32-24)20(16-30)17-31-23-13-19(14-23)5-4-10-29/h6-7,15-19,21,23,33H,4-5,8-14,29-30H2,1-3H3. The summed E-state index contributed by atoms with van der Waals surface area (Å²) in [6.45, 7) is 7.77. The Labute approximate surface area is 219 Å². The fourth-order valence-corrected chi connectivity index (χ4v) is 4.85. The van der Waals surface area contributed by atoms with E-state index in [4.69, 9.17) is 26.2 Å². The van der Waals surface area contributed by atoms with Crippen molar-refractivity contribution in [1.82, 2.24) is 14.9 Å². The smallest absolute Gasteiger partial charge is 0.410 e. The van der Waals surface area contributed by atoms with Crippen LogP contribution in [0.3, 0.4) is 0 Å². The van der Waals surface area contributed by atoms with Crippen molar-refractivity contribution in [3.05, 3.63) is 36.3 Å². The third-order valence-corrected chi connectivity index (χ3v) is 6.99. The third kappa shape index (κ3) is 7.41. The van der Waals surface area contributed by atoms with Gasteiger partial charge >= 0.3 is 6.09 Å². The molecule has 2 fully saturated rings. The molecule has 1 amide bonds. The van der Waals surface area contributed by atoms with Gasteiger partial charge in [0, 0.05) is 42.8 Å². The van der Waals surface area contributed by atoms with E-state index in [2.05, 4.69) is 10.3 Å². The van der Waals surface area contributed by atoms with Gasteiger partial charge in [-0.15, -0.1) is 0 Å². The number of hydrogen-bond acceptors (Lipinski definition) is 8. The molecular weight excluding hydrogens is 466 g/mol. The summed E-state index contributed by atoms with van der Waals surface area (Å²) in [5, 5.41) is 3.60. The average Bonchev–Trinajstić information content (AvgIpc) is 2.84. The van der Waals surface area contributed by atoms with Crippen LogP contribution >= 0.6 is 0 Å². The van der Waals surface area contributed by atoms with Crippen molar-refractivity contribution in [3.8, 4) is 0 Å². The number of nitrogens with two attached hydrogens (primary N) is 2. The highest BCUT2D eigenvalue weighted by molar-refractivity contribution is 6.09. The highest BCUT2D eigenvalue weighted by Gasteiger charge is 2.28. The van der Waals surface area contributed by atoms with Crippen LogP contribution in [0.2, 0.25) is 0 Å². The summed E-state index contributed by atoms with van der Waals surface area (Å²) in [4.78, 5) is 28.3. The van der Waals surface area contributed by atoms with Crippen molar-refractivity contribution in [2.75, 3.05) is 25.0 Å². The van der Waals surface area contributed by atoms with Gasteiger partial charge in [-0.1, -0.05) is 0 Å². The van der Waals surface area contributed by atoms with Gasteiger partial charge in [0.25, 0.3) is 0 Å². The summed E-state index contributed by atoms with van der Waals surface area (Å²) in [6, 6.07) is 6.64. The van der Waals surface area contributed by atoms with Crippen molar-refractivity contribution in [3.63, 3.8) is 0 Å². The molecule has 1 aromatic heterocycles. The number of rotatable bonds is 8. The Morgan fingerprint density at radius 2 is 2.00 bits per heavy atom. The van der Waals surface area contributed by atoms with E-state index in [-0.39, 0.29) is 12.1 Å². The largest absolute Gasteiger partial charge is 0.444 e. The lowest BCUT2D eigenvalue weighted by Gasteiger charge is -2.34. The molecule has 2 heterocycles. The molecule has 37 heavy (non-hydrogen) atoms. The maximum atomic E-state index is 12.3. The molecule has 0 radical (unpaired) electrons. The van der Waals surface area contributed by atoms with E-state index in [0.29, 0.717) is 24.8 Å². The van der Waals surface area contributed by atoms with E-state index in [1.54, 1.807) is 17.3 Å². The molecular formula is C28H41N7O2. The molecule has 0 spiro atoms. The average molecular weight is 508 g/mol. The molecule has 9 heteroatoms. The van der Waals surface area contributed by atoms with E-state index in [1.807, 2.05) is 45.2 Å². The molecule has 2 aromatic rings. The second-order valence-electron chi connectivity index (χ2n) is 11.2. The maximum absolute atomic E-state index is 12.3. The van der Waals surface area contributed by atoms with E-state index in [0.717, 1.165) is 66.9 Å². The van der Waals surface area contributed by atoms with E-state index >= 15 is 0 Å². The number of hydrogen-bond donors (Lipinski definition) is 3. The molecule has 1 aliphatic carbocycles. The predicted octanol–water partition coefficient (Wildman–Crippen LogP) is 4.33. The molecule has 200 valence electrons. The Bertz CT molecular complexity index is 1130. The molecule has 0 bridgehead atoms. The summed E-state index contributed by atoms with van der Waals surface area (Å²) in [5.74, 6) is 0.743. The van der Waals surface area contributed by atoms with E-state index < -0.39 is 5.60 Å². The van der Waals surface area contributed by atoms with Crippen LogP contribution in [-0.2, 0) is 4.74 Å². The van der Waals surface area contributed by atoms with Gasteiger partial charge in [-0.2, -0.15) is 0 Å². The van der Waals surface area contributed by atoms with Crippen LogP contribution in [0, 0.1) is 5.92 Å². The molecule has 2 aliphatic rings. The van der Waals surface area contributed by atoms with Gasteiger partial charge in [0.1, 0.15) is 5.60 Å². The minimum atomic E-state index is -0.479. The monoisotopic (exact) mass is 507 g/mol. The van der Waals surface area contributed by atoms with Gasteiger partial charge in [-0.3, -0.25) is 9.98 Å². The van der Waals surface area contributed by atoms with Gasteiger partial charge in [0.05, 0.1) is 29.0 Å². The number of ether oxygens (including phenoxy) is 1. The Morgan fingerprint density at radius 1 is 1.24 bits per heavy atom. The van der Waals surface area contributed by atoms with E-state index in [9.17, 15) is 4.79 Å². The van der Waals surface area contributed by atoms with Gasteiger partial charge in [0.2, 0.25) is 0 Å². The highest BCUT2D eigenvalue weighted by Crippen LogP contribution is 2.33. The first-order valence-corrected chi connectivity index (χ1v) is 13.4. The number of anilines is 1. The maximum Gasteiger partial charge on any atom is 0.410 e. The SMILES string of the molecule is CC(C)(C)OC(=O)N1CCC(Nc2ccc3ncc(C(C=NC4CC(CCCN)C4)=CN)nc3c2)CC1. The topological polar surface area (TPSA) is 132 Å². The first-order chi connectivity index (χ1) is 17.7. The number of benzene rings is 1. The van der Waals surface area contributed by atoms with Gasteiger partial charge in [-0.05, 0) is 90.0 Å². The highest BCUT2D eigenvalue weighted by atomic mass is 16.6. The Kier molecular flexibility index (Phi) is 8.63. The lowest BCUT2D eigenvalue weighted by molar-refractivity contribution is 0.0210. The zero-order valence-electron chi connectivity index (χ0n) is 22.3. The van der Waals surface area contributed by atoms with Gasteiger partial charge in [0.15, 0.2) is 0 Å². The fourth-order valence-electron chi connectivity index (χ4n) is 4.85. The van der Waals surface area contributed by atoms with Crippen molar-refractivity contribution in [2.24, 2.45) is 22.4 Å². The number of allylic oxidation sites excluding steroid dienone is 1. The van der Waals surface area contributed by atoms with Gasteiger partial charge < -0.3 is 26.4 Å². The predicted molar refractivity (Wildman–Crippen MR) is 149 cm³/mol. The number of piperidine rings is 1. The number of nitrogens with one attached hydrogen (secondary N) is 1. The van der Waals surface area contributed by atoms with Crippen molar-refractivity contribution < 1.29 is 9.53 Å². The first kappa shape index (κ1) is 26.9. The van der Waals surface area contributed by atoms with Crippen molar-refractivity contribution in [2.45, 2.75) is 77.0 Å².